The normalized spacial score (nSPS) is 11.0. The first-order valence-corrected chi connectivity index (χ1v) is 8.98. The molecule has 0 bridgehead atoms. The van der Waals surface area contributed by atoms with E-state index in [0.717, 1.165) is 16.3 Å². The first kappa shape index (κ1) is 18.8. The van der Waals surface area contributed by atoms with E-state index in [9.17, 15) is 18.4 Å². The van der Waals surface area contributed by atoms with Gasteiger partial charge in [0.15, 0.2) is 5.16 Å². The van der Waals surface area contributed by atoms with Crippen LogP contribution in [-0.2, 0) is 9.59 Å². The molecule has 6 nitrogen and oxygen atoms in total. The van der Waals surface area contributed by atoms with Crippen LogP contribution in [-0.4, -0.2) is 27.1 Å². The van der Waals surface area contributed by atoms with E-state index in [1.165, 1.54) is 6.92 Å². The van der Waals surface area contributed by atoms with Crippen molar-refractivity contribution in [3.05, 3.63) is 48.5 Å². The summed E-state index contributed by atoms with van der Waals surface area (Å²) in [6, 6.07) is 13.2. The minimum absolute atomic E-state index is 0.0772. The molecule has 0 saturated carbocycles. The summed E-state index contributed by atoms with van der Waals surface area (Å²) in [5.74, 6) is -0.673. The van der Waals surface area contributed by atoms with Gasteiger partial charge in [0, 0.05) is 18.3 Å². The monoisotopic (exact) mass is 390 g/mol. The van der Waals surface area contributed by atoms with E-state index in [1.54, 1.807) is 48.5 Å². The van der Waals surface area contributed by atoms with Gasteiger partial charge < -0.3 is 10.6 Å². The number of para-hydroxylation sites is 2. The number of hydrogen-bond donors (Lipinski definition) is 2. The van der Waals surface area contributed by atoms with Gasteiger partial charge in [0.25, 0.3) is 0 Å². The van der Waals surface area contributed by atoms with Crippen molar-refractivity contribution in [1.82, 2.24) is 9.55 Å². The van der Waals surface area contributed by atoms with Crippen LogP contribution < -0.4 is 10.6 Å². The molecule has 140 valence electrons. The number of carbonyl (C=O) groups is 2. The molecular formula is C18H16F2N4O2S. The zero-order chi connectivity index (χ0) is 19.4. The fraction of sp³-hybridized carbons (Fsp3) is 0.167. The van der Waals surface area contributed by atoms with Crippen LogP contribution in [0.1, 0.15) is 13.5 Å². The van der Waals surface area contributed by atoms with E-state index in [1.807, 2.05) is 0 Å². The van der Waals surface area contributed by atoms with Crippen LogP contribution >= 0.6 is 11.8 Å². The Morgan fingerprint density at radius 3 is 2.52 bits per heavy atom. The van der Waals surface area contributed by atoms with Crippen molar-refractivity contribution < 1.29 is 18.4 Å². The second kappa shape index (κ2) is 8.17. The van der Waals surface area contributed by atoms with Gasteiger partial charge in [0.05, 0.1) is 16.8 Å². The predicted octanol–water partition coefficient (Wildman–Crippen LogP) is 4.12. The van der Waals surface area contributed by atoms with E-state index in [2.05, 4.69) is 15.6 Å². The topological polar surface area (TPSA) is 76.0 Å². The number of imidazole rings is 1. The lowest BCUT2D eigenvalue weighted by Crippen LogP contribution is -2.15. The lowest BCUT2D eigenvalue weighted by Gasteiger charge is -2.09. The van der Waals surface area contributed by atoms with E-state index in [-0.39, 0.29) is 22.7 Å². The van der Waals surface area contributed by atoms with Gasteiger partial charge in [-0.15, -0.1) is 0 Å². The molecule has 3 aromatic rings. The lowest BCUT2D eigenvalue weighted by molar-refractivity contribution is -0.114. The molecule has 1 aromatic heterocycles. The van der Waals surface area contributed by atoms with E-state index < -0.39 is 6.55 Å². The summed E-state index contributed by atoms with van der Waals surface area (Å²) >= 11 is 0.933. The molecule has 27 heavy (non-hydrogen) atoms. The highest BCUT2D eigenvalue weighted by atomic mass is 32.2. The molecule has 0 spiro atoms. The fourth-order valence-electron chi connectivity index (χ4n) is 2.52. The maximum absolute atomic E-state index is 13.4. The Hall–Kier alpha value is -2.94. The average molecular weight is 390 g/mol. The molecular weight excluding hydrogens is 374 g/mol. The van der Waals surface area contributed by atoms with Crippen LogP contribution in [0, 0.1) is 0 Å². The smallest absolute Gasteiger partial charge is 0.321 e. The molecule has 0 fully saturated rings. The van der Waals surface area contributed by atoms with E-state index >= 15 is 0 Å². The van der Waals surface area contributed by atoms with Crippen LogP contribution in [0.25, 0.3) is 11.0 Å². The molecule has 3 rings (SSSR count). The number of nitrogens with zero attached hydrogens (tertiary/aromatic N) is 2. The number of fused-ring (bicyclic) bond motifs is 1. The summed E-state index contributed by atoms with van der Waals surface area (Å²) in [5, 5.41) is 5.37. The molecule has 0 unspecified atom stereocenters. The van der Waals surface area contributed by atoms with Gasteiger partial charge in [-0.3, -0.25) is 14.2 Å². The Morgan fingerprint density at radius 1 is 1.11 bits per heavy atom. The summed E-state index contributed by atoms with van der Waals surface area (Å²) < 4.78 is 27.6. The summed E-state index contributed by atoms with van der Waals surface area (Å²) in [7, 11) is 0. The number of aromatic nitrogens is 2. The zero-order valence-electron chi connectivity index (χ0n) is 14.3. The summed E-state index contributed by atoms with van der Waals surface area (Å²) in [4.78, 5) is 27.4. The molecule has 0 atom stereocenters. The molecule has 2 N–H and O–H groups in total. The number of hydrogen-bond acceptors (Lipinski definition) is 4. The number of rotatable bonds is 6. The summed E-state index contributed by atoms with van der Waals surface area (Å²) in [5.41, 5.74) is 1.81. The highest BCUT2D eigenvalue weighted by Crippen LogP contribution is 2.29. The van der Waals surface area contributed by atoms with Crippen molar-refractivity contribution in [3.63, 3.8) is 0 Å². The Bertz CT molecular complexity index is 990. The third-order valence-electron chi connectivity index (χ3n) is 3.56. The third kappa shape index (κ3) is 4.62. The Balaban J connectivity index is 1.69. The van der Waals surface area contributed by atoms with Crippen LogP contribution in [0.15, 0.2) is 53.7 Å². The molecule has 2 amide bonds. The molecule has 0 aliphatic rings. The van der Waals surface area contributed by atoms with Crippen molar-refractivity contribution in [1.29, 1.82) is 0 Å². The number of benzene rings is 2. The highest BCUT2D eigenvalue weighted by molar-refractivity contribution is 7.99. The average Bonchev–Trinajstić information content (AvgIpc) is 2.98. The van der Waals surface area contributed by atoms with Crippen LogP contribution in [0.3, 0.4) is 0 Å². The maximum Gasteiger partial charge on any atom is 0.321 e. The van der Waals surface area contributed by atoms with Gasteiger partial charge in [-0.25, -0.2) is 4.98 Å². The zero-order valence-corrected chi connectivity index (χ0v) is 15.1. The van der Waals surface area contributed by atoms with Gasteiger partial charge in [-0.2, -0.15) is 8.78 Å². The number of anilines is 2. The number of halogens is 2. The molecule has 0 saturated heterocycles. The number of alkyl halides is 2. The lowest BCUT2D eigenvalue weighted by atomic mass is 10.2. The van der Waals surface area contributed by atoms with Crippen molar-refractivity contribution in [2.75, 3.05) is 16.4 Å². The van der Waals surface area contributed by atoms with Crippen molar-refractivity contribution >= 4 is 46.0 Å². The molecule has 0 radical (unpaired) electrons. The van der Waals surface area contributed by atoms with Crippen LogP contribution in [0.4, 0.5) is 20.2 Å². The Morgan fingerprint density at radius 2 is 1.81 bits per heavy atom. The third-order valence-corrected chi connectivity index (χ3v) is 4.51. The van der Waals surface area contributed by atoms with Crippen LogP contribution in [0.2, 0.25) is 0 Å². The van der Waals surface area contributed by atoms with Gasteiger partial charge in [-0.05, 0) is 30.3 Å². The quantitative estimate of drug-likeness (QED) is 0.621. The number of nitrogens with one attached hydrogen (secondary N) is 2. The Kier molecular flexibility index (Phi) is 5.70. The van der Waals surface area contributed by atoms with Gasteiger partial charge in [0.1, 0.15) is 0 Å². The molecule has 9 heteroatoms. The molecule has 0 aliphatic heterocycles. The Labute approximate surface area is 158 Å². The first-order chi connectivity index (χ1) is 12.9. The molecule has 0 aliphatic carbocycles. The van der Waals surface area contributed by atoms with E-state index in [4.69, 9.17) is 0 Å². The number of carbonyl (C=O) groups excluding carboxylic acids is 2. The maximum atomic E-state index is 13.4. The molecule has 1 heterocycles. The SMILES string of the molecule is CC(=O)Nc1cccc(NC(=O)CSc2nc3ccccc3n2C(F)F)c1. The van der Waals surface area contributed by atoms with Crippen molar-refractivity contribution in [3.8, 4) is 0 Å². The van der Waals surface area contributed by atoms with E-state index in [0.29, 0.717) is 22.4 Å². The minimum Gasteiger partial charge on any atom is -0.326 e. The van der Waals surface area contributed by atoms with Gasteiger partial charge in [0.2, 0.25) is 11.8 Å². The van der Waals surface area contributed by atoms with Gasteiger partial charge >= 0.3 is 6.55 Å². The fourth-order valence-corrected chi connectivity index (χ4v) is 3.33. The molecule has 2 aromatic carbocycles. The van der Waals surface area contributed by atoms with Crippen LogP contribution in [0.5, 0.6) is 0 Å². The predicted molar refractivity (Wildman–Crippen MR) is 101 cm³/mol. The standard InChI is InChI=1S/C18H16F2N4O2S/c1-11(25)21-12-5-4-6-13(9-12)22-16(26)10-27-18-23-14-7-2-3-8-15(14)24(18)17(19)20/h2-9,17H,10H2,1H3,(H,21,25)(H,22,26). The number of amides is 2. The summed E-state index contributed by atoms with van der Waals surface area (Å²) in [6.45, 7) is -1.37. The van der Waals surface area contributed by atoms with Crippen molar-refractivity contribution in [2.24, 2.45) is 0 Å². The number of thioether (sulfide) groups is 1. The first-order valence-electron chi connectivity index (χ1n) is 7.99. The minimum atomic E-state index is -2.75. The highest BCUT2D eigenvalue weighted by Gasteiger charge is 2.18. The largest absolute Gasteiger partial charge is 0.326 e. The second-order valence-corrected chi connectivity index (χ2v) is 6.57. The van der Waals surface area contributed by atoms with Crippen molar-refractivity contribution in [2.45, 2.75) is 18.6 Å². The van der Waals surface area contributed by atoms with Gasteiger partial charge in [-0.1, -0.05) is 30.0 Å². The second-order valence-electron chi connectivity index (χ2n) is 5.63. The summed E-state index contributed by atoms with van der Waals surface area (Å²) in [6.07, 6.45) is 0.